The Balaban J connectivity index is 1.99. The molecule has 0 fully saturated rings. The Kier molecular flexibility index (Phi) is 7.41. The first-order chi connectivity index (χ1) is 17.2. The van der Waals surface area contributed by atoms with E-state index in [9.17, 15) is 18.0 Å². The van der Waals surface area contributed by atoms with Gasteiger partial charge in [0.15, 0.2) is 5.82 Å². The van der Waals surface area contributed by atoms with Crippen molar-refractivity contribution in [2.75, 3.05) is 20.3 Å². The van der Waals surface area contributed by atoms with Gasteiger partial charge in [-0.2, -0.15) is 13.2 Å². The van der Waals surface area contributed by atoms with Gasteiger partial charge in [0.1, 0.15) is 23.7 Å². The lowest BCUT2D eigenvalue weighted by Crippen LogP contribution is -2.18. The minimum absolute atomic E-state index is 0.0924. The number of alkyl halides is 3. The molecular formula is C24H23ClF3N3O5. The molecule has 2 heterocycles. The molecular weight excluding hydrogens is 503 g/mol. The van der Waals surface area contributed by atoms with Gasteiger partial charge in [-0.1, -0.05) is 23.7 Å². The quantitative estimate of drug-likeness (QED) is 0.379. The van der Waals surface area contributed by atoms with Gasteiger partial charge in [-0.25, -0.2) is 0 Å². The fourth-order valence-electron chi connectivity index (χ4n) is 4.07. The molecule has 2 atom stereocenters. The van der Waals surface area contributed by atoms with Gasteiger partial charge >= 0.3 is 12.1 Å². The monoisotopic (exact) mass is 525 g/mol. The first kappa shape index (κ1) is 25.8. The maximum absolute atomic E-state index is 14.0. The lowest BCUT2D eigenvalue weighted by atomic mass is 9.98. The van der Waals surface area contributed by atoms with Crippen LogP contribution in [0.25, 0.3) is 5.69 Å². The van der Waals surface area contributed by atoms with Crippen LogP contribution in [0.2, 0.25) is 5.02 Å². The maximum atomic E-state index is 14.0. The Morgan fingerprint density at radius 2 is 1.92 bits per heavy atom. The van der Waals surface area contributed by atoms with Crippen LogP contribution in [-0.2, 0) is 20.4 Å². The lowest BCUT2D eigenvalue weighted by Gasteiger charge is -2.24. The zero-order chi connectivity index (χ0) is 26.0. The van der Waals surface area contributed by atoms with Gasteiger partial charge in [-0.3, -0.25) is 9.36 Å². The second kappa shape index (κ2) is 10.4. The number of carbonyl (C=O) groups is 1. The summed E-state index contributed by atoms with van der Waals surface area (Å²) in [6.45, 7) is 3.84. The fourth-order valence-corrected chi connectivity index (χ4v) is 4.37. The first-order valence-corrected chi connectivity index (χ1v) is 11.5. The molecule has 12 heteroatoms. The van der Waals surface area contributed by atoms with Crippen LogP contribution >= 0.6 is 11.6 Å². The highest BCUT2D eigenvalue weighted by atomic mass is 35.5. The van der Waals surface area contributed by atoms with Gasteiger partial charge < -0.3 is 18.9 Å². The third kappa shape index (κ3) is 4.85. The van der Waals surface area contributed by atoms with Crippen molar-refractivity contribution in [1.82, 2.24) is 14.8 Å². The van der Waals surface area contributed by atoms with E-state index in [0.717, 1.165) is 4.57 Å². The molecule has 0 saturated carbocycles. The van der Waals surface area contributed by atoms with E-state index in [4.69, 9.17) is 30.5 Å². The van der Waals surface area contributed by atoms with Gasteiger partial charge in [0.2, 0.25) is 5.82 Å². The van der Waals surface area contributed by atoms with E-state index in [0.29, 0.717) is 29.2 Å². The minimum atomic E-state index is -4.83. The van der Waals surface area contributed by atoms with Gasteiger partial charge in [0.05, 0.1) is 37.5 Å². The van der Waals surface area contributed by atoms with Crippen LogP contribution in [-0.4, -0.2) is 41.1 Å². The zero-order valence-corrected chi connectivity index (χ0v) is 20.4. The molecule has 3 aromatic rings. The highest BCUT2D eigenvalue weighted by molar-refractivity contribution is 6.32. The standard InChI is InChI=1S/C24H23ClF3N3O5/c1-4-34-13-9-10-16-15(11-13)21(14-7-6-8-17(33-3)20(14)25)36-18(12-19(32)35-5-2)22-29-30-23(31(16)22)24(26,27)28/h6-11,18,21H,4-5,12H2,1-3H3/t18-,21-/m0/s1. The van der Waals surface area contributed by atoms with Crippen LogP contribution in [0.1, 0.15) is 55.3 Å². The van der Waals surface area contributed by atoms with Crippen molar-refractivity contribution in [1.29, 1.82) is 0 Å². The molecule has 8 nitrogen and oxygen atoms in total. The van der Waals surface area contributed by atoms with E-state index in [1.54, 1.807) is 44.2 Å². The highest BCUT2D eigenvalue weighted by Gasteiger charge is 2.44. The second-order valence-corrected chi connectivity index (χ2v) is 8.12. The van der Waals surface area contributed by atoms with Crippen LogP contribution in [0.3, 0.4) is 0 Å². The molecule has 0 spiro atoms. The minimum Gasteiger partial charge on any atom is -0.495 e. The number of hydrogen-bond donors (Lipinski definition) is 0. The van der Waals surface area contributed by atoms with Crippen molar-refractivity contribution in [3.05, 3.63) is 64.2 Å². The number of rotatable bonds is 7. The predicted octanol–water partition coefficient (Wildman–Crippen LogP) is 5.46. The smallest absolute Gasteiger partial charge is 0.452 e. The van der Waals surface area contributed by atoms with Gasteiger partial charge in [-0.15, -0.1) is 10.2 Å². The van der Waals surface area contributed by atoms with Crippen molar-refractivity contribution in [3.8, 4) is 17.2 Å². The van der Waals surface area contributed by atoms with Gasteiger partial charge in [0, 0.05) is 11.1 Å². The number of ether oxygens (including phenoxy) is 4. The molecule has 0 aliphatic carbocycles. The summed E-state index contributed by atoms with van der Waals surface area (Å²) in [5, 5.41) is 7.39. The normalized spacial score (nSPS) is 17.1. The molecule has 0 N–H and O–H groups in total. The maximum Gasteiger partial charge on any atom is 0.452 e. The molecule has 192 valence electrons. The Morgan fingerprint density at radius 3 is 2.58 bits per heavy atom. The highest BCUT2D eigenvalue weighted by Crippen LogP contribution is 2.46. The van der Waals surface area contributed by atoms with Crippen LogP contribution in [0.15, 0.2) is 36.4 Å². The number of hydrogen-bond acceptors (Lipinski definition) is 7. The van der Waals surface area contributed by atoms with E-state index in [-0.39, 0.29) is 23.1 Å². The second-order valence-electron chi connectivity index (χ2n) is 7.75. The number of methoxy groups -OCH3 is 1. The van der Waals surface area contributed by atoms with E-state index in [1.807, 2.05) is 0 Å². The van der Waals surface area contributed by atoms with Crippen molar-refractivity contribution in [2.45, 2.75) is 38.7 Å². The summed E-state index contributed by atoms with van der Waals surface area (Å²) in [4.78, 5) is 12.4. The SMILES string of the molecule is CCOC(=O)C[C@@H]1O[C@@H](c2cccc(OC)c2Cl)c2cc(OCC)ccc2-n2c1nnc2C(F)(F)F. The summed E-state index contributed by atoms with van der Waals surface area (Å²) in [5.41, 5.74) is 0.849. The van der Waals surface area contributed by atoms with E-state index >= 15 is 0 Å². The van der Waals surface area contributed by atoms with Crippen molar-refractivity contribution in [2.24, 2.45) is 0 Å². The summed E-state index contributed by atoms with van der Waals surface area (Å²) < 4.78 is 65.2. The summed E-state index contributed by atoms with van der Waals surface area (Å²) in [6.07, 6.45) is -7.47. The number of esters is 1. The molecule has 0 saturated heterocycles. The van der Waals surface area contributed by atoms with E-state index in [1.165, 1.54) is 13.2 Å². The van der Waals surface area contributed by atoms with Crippen molar-refractivity contribution >= 4 is 17.6 Å². The summed E-state index contributed by atoms with van der Waals surface area (Å²) in [7, 11) is 1.44. The topological polar surface area (TPSA) is 84.7 Å². The van der Waals surface area contributed by atoms with Crippen LogP contribution < -0.4 is 9.47 Å². The lowest BCUT2D eigenvalue weighted by molar-refractivity contribution is -0.147. The molecule has 0 unspecified atom stereocenters. The molecule has 1 aliphatic heterocycles. The Hall–Kier alpha value is -3.31. The molecule has 36 heavy (non-hydrogen) atoms. The number of fused-ring (bicyclic) bond motifs is 3. The Bertz CT molecular complexity index is 1260. The molecule has 2 aromatic carbocycles. The number of aromatic nitrogens is 3. The average Bonchev–Trinajstić information content (AvgIpc) is 3.24. The Morgan fingerprint density at radius 1 is 1.14 bits per heavy atom. The molecule has 1 aliphatic rings. The number of halogens is 4. The van der Waals surface area contributed by atoms with E-state index in [2.05, 4.69) is 10.2 Å². The summed E-state index contributed by atoms with van der Waals surface area (Å²) in [6, 6.07) is 9.59. The first-order valence-electron chi connectivity index (χ1n) is 11.1. The fraction of sp³-hybridized carbons (Fsp3) is 0.375. The number of benzene rings is 2. The predicted molar refractivity (Wildman–Crippen MR) is 122 cm³/mol. The van der Waals surface area contributed by atoms with Crippen LogP contribution in [0.4, 0.5) is 13.2 Å². The summed E-state index contributed by atoms with van der Waals surface area (Å²) >= 11 is 6.61. The van der Waals surface area contributed by atoms with E-state index < -0.39 is 36.6 Å². The summed E-state index contributed by atoms with van der Waals surface area (Å²) in [5.74, 6) is -1.35. The molecule has 0 amide bonds. The third-order valence-electron chi connectivity index (χ3n) is 5.52. The third-order valence-corrected chi connectivity index (χ3v) is 5.92. The van der Waals surface area contributed by atoms with Crippen molar-refractivity contribution in [3.63, 3.8) is 0 Å². The van der Waals surface area contributed by atoms with Crippen molar-refractivity contribution < 1.29 is 36.9 Å². The Labute approximate surface area is 209 Å². The number of carbonyl (C=O) groups excluding carboxylic acids is 1. The zero-order valence-electron chi connectivity index (χ0n) is 19.6. The molecule has 0 radical (unpaired) electrons. The van der Waals surface area contributed by atoms with Crippen LogP contribution in [0, 0.1) is 0 Å². The molecule has 1 aromatic heterocycles. The molecule has 0 bridgehead atoms. The molecule has 4 rings (SSSR count). The van der Waals surface area contributed by atoms with Gasteiger partial charge in [-0.05, 0) is 38.1 Å². The van der Waals surface area contributed by atoms with Gasteiger partial charge in [0.25, 0.3) is 0 Å². The number of nitrogens with zero attached hydrogens (tertiary/aromatic N) is 3. The average molecular weight is 526 g/mol. The largest absolute Gasteiger partial charge is 0.495 e. The van der Waals surface area contributed by atoms with Crippen LogP contribution in [0.5, 0.6) is 11.5 Å².